The van der Waals surface area contributed by atoms with Gasteiger partial charge in [0.25, 0.3) is 0 Å². The lowest BCUT2D eigenvalue weighted by Gasteiger charge is -2.33. The molecular weight excluding hydrogens is 354 g/mol. The third kappa shape index (κ3) is 3.43. The monoisotopic (exact) mass is 373 g/mol. The summed E-state index contributed by atoms with van der Waals surface area (Å²) in [6.07, 6.45) is 5.49. The number of hydrogen-bond acceptors (Lipinski definition) is 4. The third-order valence-corrected chi connectivity index (χ3v) is 4.80. The predicted molar refractivity (Wildman–Crippen MR) is 102 cm³/mol. The Kier molecular flexibility index (Phi) is 4.73. The van der Waals surface area contributed by atoms with Gasteiger partial charge < -0.3 is 11.1 Å². The number of anilines is 1. The molecule has 136 valence electrons. The molecule has 2 aliphatic heterocycles. The maximum atomic E-state index is 12.4. The van der Waals surface area contributed by atoms with E-state index in [9.17, 15) is 9.59 Å². The highest BCUT2D eigenvalue weighted by atomic mass is 35.5. The van der Waals surface area contributed by atoms with Crippen LogP contribution in [-0.4, -0.2) is 41.3 Å². The molecule has 3 rings (SSSR count). The summed E-state index contributed by atoms with van der Waals surface area (Å²) in [7, 11) is 1.60. The molecule has 1 atom stereocenters. The van der Waals surface area contributed by atoms with Crippen molar-refractivity contribution in [2.24, 2.45) is 10.7 Å². The van der Waals surface area contributed by atoms with Crippen LogP contribution in [0.2, 0.25) is 0 Å². The number of rotatable bonds is 2. The maximum absolute atomic E-state index is 12.4. The van der Waals surface area contributed by atoms with Crippen molar-refractivity contribution in [2.75, 3.05) is 18.9 Å². The van der Waals surface area contributed by atoms with Gasteiger partial charge in [0.15, 0.2) is 5.96 Å². The van der Waals surface area contributed by atoms with E-state index in [2.05, 4.69) is 10.3 Å². The molecule has 1 aromatic rings. The van der Waals surface area contributed by atoms with Crippen molar-refractivity contribution in [2.45, 2.75) is 18.9 Å². The molecular formula is C18H20ClN5O2. The second kappa shape index (κ2) is 6.84. The Morgan fingerprint density at radius 3 is 2.88 bits per heavy atom. The standard InChI is InChI=1S/C18H20ClN5O2/c1-18(11-15(25)23(2)16(20)22-18)12-6-5-7-13(10-12)21-17(26)24-9-4-3-8-14(24)19/h3-8,10H,9,11H2,1-2H3,(H2,20,22)(H,21,26)/t18-/m0/s1. The number of guanidine groups is 1. The number of nitrogens with one attached hydrogen (secondary N) is 1. The quantitative estimate of drug-likeness (QED) is 0.780. The van der Waals surface area contributed by atoms with E-state index in [1.165, 1.54) is 9.80 Å². The maximum Gasteiger partial charge on any atom is 0.327 e. The molecule has 0 aromatic heterocycles. The summed E-state index contributed by atoms with van der Waals surface area (Å²) in [4.78, 5) is 31.8. The average Bonchev–Trinajstić information content (AvgIpc) is 2.60. The number of carbonyl (C=O) groups is 2. The van der Waals surface area contributed by atoms with E-state index in [4.69, 9.17) is 17.3 Å². The van der Waals surface area contributed by atoms with Crippen molar-refractivity contribution < 1.29 is 9.59 Å². The van der Waals surface area contributed by atoms with Gasteiger partial charge in [-0.1, -0.05) is 35.9 Å². The fourth-order valence-electron chi connectivity index (χ4n) is 2.87. The zero-order valence-corrected chi connectivity index (χ0v) is 15.3. The molecule has 0 fully saturated rings. The summed E-state index contributed by atoms with van der Waals surface area (Å²) in [6, 6.07) is 6.90. The Morgan fingerprint density at radius 1 is 1.42 bits per heavy atom. The molecule has 0 saturated carbocycles. The van der Waals surface area contributed by atoms with Gasteiger partial charge in [-0.05, 0) is 30.7 Å². The van der Waals surface area contributed by atoms with Crippen LogP contribution in [0.5, 0.6) is 0 Å². The van der Waals surface area contributed by atoms with Gasteiger partial charge in [-0.15, -0.1) is 0 Å². The molecule has 8 heteroatoms. The Bertz CT molecular complexity index is 848. The van der Waals surface area contributed by atoms with Crippen LogP contribution in [0.25, 0.3) is 0 Å². The molecule has 0 unspecified atom stereocenters. The molecule has 3 N–H and O–H groups in total. The highest BCUT2D eigenvalue weighted by Gasteiger charge is 2.36. The molecule has 0 bridgehead atoms. The van der Waals surface area contributed by atoms with Crippen LogP contribution in [0.1, 0.15) is 18.9 Å². The first kappa shape index (κ1) is 18.0. The number of allylic oxidation sites excluding steroid dienone is 2. The molecule has 0 spiro atoms. The molecule has 3 amide bonds. The number of nitrogens with zero attached hydrogens (tertiary/aromatic N) is 3. The first-order valence-electron chi connectivity index (χ1n) is 8.13. The van der Waals surface area contributed by atoms with Gasteiger partial charge >= 0.3 is 6.03 Å². The topological polar surface area (TPSA) is 91.0 Å². The molecule has 0 saturated heterocycles. The van der Waals surface area contributed by atoms with Gasteiger partial charge in [0, 0.05) is 19.3 Å². The molecule has 2 heterocycles. The number of carbonyl (C=O) groups excluding carboxylic acids is 2. The Hall–Kier alpha value is -2.80. The predicted octanol–water partition coefficient (Wildman–Crippen LogP) is 2.56. The van der Waals surface area contributed by atoms with E-state index >= 15 is 0 Å². The van der Waals surface area contributed by atoms with Crippen LogP contribution in [0.15, 0.2) is 52.6 Å². The minimum Gasteiger partial charge on any atom is -0.369 e. The second-order valence-electron chi connectivity index (χ2n) is 6.41. The highest BCUT2D eigenvalue weighted by Crippen LogP contribution is 2.34. The summed E-state index contributed by atoms with van der Waals surface area (Å²) in [5.41, 5.74) is 6.47. The Balaban J connectivity index is 1.83. The lowest BCUT2D eigenvalue weighted by Crippen LogP contribution is -2.47. The van der Waals surface area contributed by atoms with Crippen molar-refractivity contribution in [1.82, 2.24) is 9.80 Å². The molecule has 1 aromatic carbocycles. The number of hydrogen-bond donors (Lipinski definition) is 2. The number of aliphatic imine (C=N–C) groups is 1. The highest BCUT2D eigenvalue weighted by molar-refractivity contribution is 6.30. The van der Waals surface area contributed by atoms with Crippen LogP contribution in [0.4, 0.5) is 10.5 Å². The minimum absolute atomic E-state index is 0.105. The van der Waals surface area contributed by atoms with Crippen molar-refractivity contribution in [3.63, 3.8) is 0 Å². The molecule has 7 nitrogen and oxygen atoms in total. The van der Waals surface area contributed by atoms with Crippen LogP contribution in [0, 0.1) is 0 Å². The normalized spacial score (nSPS) is 22.8. The summed E-state index contributed by atoms with van der Waals surface area (Å²) in [6.45, 7) is 2.25. The number of amides is 3. The third-order valence-electron chi connectivity index (χ3n) is 4.47. The van der Waals surface area contributed by atoms with Gasteiger partial charge in [0.2, 0.25) is 5.91 Å². The number of halogens is 1. The van der Waals surface area contributed by atoms with E-state index in [1.54, 1.807) is 37.4 Å². The largest absolute Gasteiger partial charge is 0.369 e. The Morgan fingerprint density at radius 2 is 2.19 bits per heavy atom. The zero-order valence-electron chi connectivity index (χ0n) is 14.6. The first-order valence-corrected chi connectivity index (χ1v) is 8.51. The van der Waals surface area contributed by atoms with Crippen LogP contribution in [0.3, 0.4) is 0 Å². The molecule has 0 radical (unpaired) electrons. The van der Waals surface area contributed by atoms with E-state index in [0.717, 1.165) is 5.56 Å². The van der Waals surface area contributed by atoms with E-state index in [0.29, 0.717) is 17.4 Å². The summed E-state index contributed by atoms with van der Waals surface area (Å²) >= 11 is 6.07. The molecule has 26 heavy (non-hydrogen) atoms. The SMILES string of the molecule is CN1C(=O)C[C@@](C)(c2cccc(NC(=O)N3CC=CC=C3Cl)c2)N=C1N. The molecule has 0 aliphatic carbocycles. The fraction of sp³-hybridized carbons (Fsp3) is 0.278. The van der Waals surface area contributed by atoms with Crippen LogP contribution in [-0.2, 0) is 10.3 Å². The minimum atomic E-state index is -0.778. The summed E-state index contributed by atoms with van der Waals surface area (Å²) in [5.74, 6) is 0.0710. The number of nitrogens with two attached hydrogens (primary N) is 1. The molecule has 2 aliphatic rings. The Labute approximate surface area is 156 Å². The van der Waals surface area contributed by atoms with Gasteiger partial charge in [-0.3, -0.25) is 14.6 Å². The zero-order chi connectivity index (χ0) is 18.9. The van der Waals surface area contributed by atoms with Gasteiger partial charge in [0.05, 0.1) is 12.0 Å². The summed E-state index contributed by atoms with van der Waals surface area (Å²) in [5, 5.41) is 3.18. The number of urea groups is 1. The van der Waals surface area contributed by atoms with Crippen molar-refractivity contribution in [3.05, 3.63) is 53.2 Å². The van der Waals surface area contributed by atoms with Crippen LogP contribution >= 0.6 is 11.6 Å². The number of benzene rings is 1. The van der Waals surface area contributed by atoms with E-state index in [-0.39, 0.29) is 24.3 Å². The summed E-state index contributed by atoms with van der Waals surface area (Å²) < 4.78 is 0. The van der Waals surface area contributed by atoms with Crippen molar-refractivity contribution >= 4 is 35.2 Å². The lowest BCUT2D eigenvalue weighted by atomic mass is 9.87. The van der Waals surface area contributed by atoms with Crippen molar-refractivity contribution in [1.29, 1.82) is 0 Å². The van der Waals surface area contributed by atoms with E-state index in [1.807, 2.05) is 19.1 Å². The van der Waals surface area contributed by atoms with E-state index < -0.39 is 5.54 Å². The van der Waals surface area contributed by atoms with Gasteiger partial charge in [0.1, 0.15) is 5.16 Å². The fourth-order valence-corrected chi connectivity index (χ4v) is 3.09. The smallest absolute Gasteiger partial charge is 0.327 e. The lowest BCUT2D eigenvalue weighted by molar-refractivity contribution is -0.128. The second-order valence-corrected chi connectivity index (χ2v) is 6.80. The van der Waals surface area contributed by atoms with Crippen LogP contribution < -0.4 is 11.1 Å². The van der Waals surface area contributed by atoms with Gasteiger partial charge in [-0.2, -0.15) is 0 Å². The first-order chi connectivity index (χ1) is 12.3. The average molecular weight is 374 g/mol. The van der Waals surface area contributed by atoms with Gasteiger partial charge in [-0.25, -0.2) is 9.79 Å². The van der Waals surface area contributed by atoms with Crippen molar-refractivity contribution in [3.8, 4) is 0 Å².